The van der Waals surface area contributed by atoms with Crippen molar-refractivity contribution in [3.8, 4) is 0 Å². The SMILES string of the molecule is CCC(C)NCC(=O)N(Cc1ccc(F)cc1F)C1CC1. The fourth-order valence-electron chi connectivity index (χ4n) is 2.15. The third-order valence-corrected chi connectivity index (χ3v) is 3.88. The molecule has 0 radical (unpaired) electrons. The van der Waals surface area contributed by atoms with Gasteiger partial charge in [-0.25, -0.2) is 8.78 Å². The van der Waals surface area contributed by atoms with Crippen molar-refractivity contribution in [1.29, 1.82) is 0 Å². The van der Waals surface area contributed by atoms with Crippen LogP contribution in [0.3, 0.4) is 0 Å². The number of carbonyl (C=O) groups is 1. The Hall–Kier alpha value is -1.49. The fraction of sp³-hybridized carbons (Fsp3) is 0.562. The van der Waals surface area contributed by atoms with Gasteiger partial charge in [0, 0.05) is 30.3 Å². The van der Waals surface area contributed by atoms with Gasteiger partial charge in [-0.3, -0.25) is 4.79 Å². The van der Waals surface area contributed by atoms with Crippen molar-refractivity contribution < 1.29 is 13.6 Å². The summed E-state index contributed by atoms with van der Waals surface area (Å²) < 4.78 is 26.7. The lowest BCUT2D eigenvalue weighted by atomic mass is 10.2. The van der Waals surface area contributed by atoms with Crippen LogP contribution < -0.4 is 5.32 Å². The van der Waals surface area contributed by atoms with E-state index < -0.39 is 11.6 Å². The van der Waals surface area contributed by atoms with E-state index in [0.29, 0.717) is 5.56 Å². The van der Waals surface area contributed by atoms with Gasteiger partial charge in [-0.1, -0.05) is 13.0 Å². The standard InChI is InChI=1S/C16H22F2N2O/c1-3-11(2)19-9-16(21)20(14-6-7-14)10-12-4-5-13(17)8-15(12)18/h4-5,8,11,14,19H,3,6-7,9-10H2,1-2H3. The van der Waals surface area contributed by atoms with Crippen molar-refractivity contribution in [2.45, 2.75) is 51.7 Å². The Balaban J connectivity index is 2.00. The summed E-state index contributed by atoms with van der Waals surface area (Å²) in [7, 11) is 0. The molecule has 1 amide bonds. The third-order valence-electron chi connectivity index (χ3n) is 3.88. The van der Waals surface area contributed by atoms with Crippen LogP contribution in [0.25, 0.3) is 0 Å². The number of benzene rings is 1. The minimum absolute atomic E-state index is 0.0264. The molecule has 1 N–H and O–H groups in total. The molecule has 1 unspecified atom stereocenters. The number of amides is 1. The molecule has 3 nitrogen and oxygen atoms in total. The van der Waals surface area contributed by atoms with Crippen molar-refractivity contribution in [3.63, 3.8) is 0 Å². The van der Waals surface area contributed by atoms with Crippen LogP contribution in [0.2, 0.25) is 0 Å². The maximum atomic E-state index is 13.7. The first-order chi connectivity index (χ1) is 10.0. The molecule has 1 aromatic carbocycles. The molecule has 1 aliphatic rings. The van der Waals surface area contributed by atoms with Crippen LogP contribution in [-0.2, 0) is 11.3 Å². The van der Waals surface area contributed by atoms with Gasteiger partial charge in [0.1, 0.15) is 11.6 Å². The molecule has 0 aromatic heterocycles. The number of hydrogen-bond acceptors (Lipinski definition) is 2. The zero-order valence-electron chi connectivity index (χ0n) is 12.5. The van der Waals surface area contributed by atoms with Crippen LogP contribution in [0, 0.1) is 11.6 Å². The van der Waals surface area contributed by atoms with Crippen molar-refractivity contribution in [2.75, 3.05) is 6.54 Å². The van der Waals surface area contributed by atoms with Gasteiger partial charge >= 0.3 is 0 Å². The Morgan fingerprint density at radius 2 is 2.14 bits per heavy atom. The topological polar surface area (TPSA) is 32.3 Å². The Morgan fingerprint density at radius 3 is 2.71 bits per heavy atom. The summed E-state index contributed by atoms with van der Waals surface area (Å²) in [5.41, 5.74) is 0.361. The average Bonchev–Trinajstić information content (AvgIpc) is 3.28. The van der Waals surface area contributed by atoms with E-state index >= 15 is 0 Å². The van der Waals surface area contributed by atoms with Crippen LogP contribution in [0.1, 0.15) is 38.7 Å². The number of halogens is 2. The number of nitrogens with one attached hydrogen (secondary N) is 1. The van der Waals surface area contributed by atoms with Gasteiger partial charge in [0.25, 0.3) is 0 Å². The van der Waals surface area contributed by atoms with E-state index in [2.05, 4.69) is 12.2 Å². The molecule has 0 heterocycles. The predicted octanol–water partition coefficient (Wildman–Crippen LogP) is 2.84. The molecular weight excluding hydrogens is 274 g/mol. The lowest BCUT2D eigenvalue weighted by Crippen LogP contribution is -2.41. The third kappa shape index (κ3) is 4.49. The second-order valence-electron chi connectivity index (χ2n) is 5.68. The molecule has 116 valence electrons. The smallest absolute Gasteiger partial charge is 0.237 e. The number of carbonyl (C=O) groups excluding carboxylic acids is 1. The van der Waals surface area contributed by atoms with Gasteiger partial charge in [-0.05, 0) is 32.3 Å². The second-order valence-corrected chi connectivity index (χ2v) is 5.68. The van der Waals surface area contributed by atoms with E-state index in [1.54, 1.807) is 4.90 Å². The second kappa shape index (κ2) is 6.98. The first kappa shape index (κ1) is 15.9. The molecular formula is C16H22F2N2O. The molecule has 1 atom stereocenters. The predicted molar refractivity (Wildman–Crippen MR) is 77.7 cm³/mol. The van der Waals surface area contributed by atoms with E-state index in [0.717, 1.165) is 25.3 Å². The molecule has 5 heteroatoms. The zero-order valence-corrected chi connectivity index (χ0v) is 12.5. The maximum absolute atomic E-state index is 13.7. The van der Waals surface area contributed by atoms with Gasteiger partial charge in [0.2, 0.25) is 5.91 Å². The van der Waals surface area contributed by atoms with Gasteiger partial charge in [0.05, 0.1) is 6.54 Å². The molecule has 0 saturated heterocycles. The quantitative estimate of drug-likeness (QED) is 0.839. The highest BCUT2D eigenvalue weighted by Crippen LogP contribution is 2.29. The summed E-state index contributed by atoms with van der Waals surface area (Å²) in [6.45, 7) is 4.54. The van der Waals surface area contributed by atoms with E-state index in [1.165, 1.54) is 12.1 Å². The van der Waals surface area contributed by atoms with E-state index in [-0.39, 0.29) is 31.1 Å². The van der Waals surface area contributed by atoms with Gasteiger partial charge in [-0.2, -0.15) is 0 Å². The molecule has 1 fully saturated rings. The highest BCUT2D eigenvalue weighted by atomic mass is 19.1. The first-order valence-corrected chi connectivity index (χ1v) is 7.48. The van der Waals surface area contributed by atoms with Crippen LogP contribution in [-0.4, -0.2) is 29.4 Å². The first-order valence-electron chi connectivity index (χ1n) is 7.48. The van der Waals surface area contributed by atoms with Crippen LogP contribution in [0.15, 0.2) is 18.2 Å². The van der Waals surface area contributed by atoms with Crippen molar-refractivity contribution >= 4 is 5.91 Å². The minimum atomic E-state index is -0.598. The lowest BCUT2D eigenvalue weighted by Gasteiger charge is -2.24. The normalized spacial score (nSPS) is 15.8. The minimum Gasteiger partial charge on any atom is -0.334 e. The maximum Gasteiger partial charge on any atom is 0.237 e. The Morgan fingerprint density at radius 1 is 1.43 bits per heavy atom. The van der Waals surface area contributed by atoms with E-state index in [1.807, 2.05) is 6.92 Å². The fourth-order valence-corrected chi connectivity index (χ4v) is 2.15. The summed E-state index contributed by atoms with van der Waals surface area (Å²) >= 11 is 0. The molecule has 0 spiro atoms. The summed E-state index contributed by atoms with van der Waals surface area (Å²) in [4.78, 5) is 14.0. The van der Waals surface area contributed by atoms with Crippen LogP contribution >= 0.6 is 0 Å². The highest BCUT2D eigenvalue weighted by Gasteiger charge is 2.32. The zero-order chi connectivity index (χ0) is 15.4. The monoisotopic (exact) mass is 296 g/mol. The van der Waals surface area contributed by atoms with Gasteiger partial charge in [-0.15, -0.1) is 0 Å². The largest absolute Gasteiger partial charge is 0.334 e. The summed E-state index contributed by atoms with van der Waals surface area (Å²) in [5.74, 6) is -1.22. The molecule has 1 aliphatic carbocycles. The number of rotatable bonds is 7. The van der Waals surface area contributed by atoms with E-state index in [4.69, 9.17) is 0 Å². The highest BCUT2D eigenvalue weighted by molar-refractivity contribution is 5.79. The van der Waals surface area contributed by atoms with Crippen LogP contribution in [0.5, 0.6) is 0 Å². The summed E-state index contributed by atoms with van der Waals surface area (Å²) in [6.07, 6.45) is 2.86. The molecule has 2 rings (SSSR count). The molecule has 0 bridgehead atoms. The lowest BCUT2D eigenvalue weighted by molar-refractivity contribution is -0.131. The number of hydrogen-bond donors (Lipinski definition) is 1. The number of nitrogens with zero attached hydrogens (tertiary/aromatic N) is 1. The summed E-state index contributed by atoms with van der Waals surface area (Å²) in [6, 6.07) is 3.97. The Labute approximate surface area is 124 Å². The van der Waals surface area contributed by atoms with Crippen molar-refractivity contribution in [1.82, 2.24) is 10.2 Å². The Bertz CT molecular complexity index is 503. The van der Waals surface area contributed by atoms with Crippen molar-refractivity contribution in [2.24, 2.45) is 0 Å². The molecule has 21 heavy (non-hydrogen) atoms. The average molecular weight is 296 g/mol. The van der Waals surface area contributed by atoms with E-state index in [9.17, 15) is 13.6 Å². The summed E-state index contributed by atoms with van der Waals surface area (Å²) in [5, 5.41) is 3.16. The molecule has 1 aromatic rings. The van der Waals surface area contributed by atoms with Crippen molar-refractivity contribution in [3.05, 3.63) is 35.4 Å². The molecule has 0 aliphatic heterocycles. The van der Waals surface area contributed by atoms with Gasteiger partial charge in [0.15, 0.2) is 0 Å². The Kier molecular flexibility index (Phi) is 5.28. The van der Waals surface area contributed by atoms with Gasteiger partial charge < -0.3 is 10.2 Å². The molecule has 1 saturated carbocycles. The van der Waals surface area contributed by atoms with Crippen LogP contribution in [0.4, 0.5) is 8.78 Å².